The summed E-state index contributed by atoms with van der Waals surface area (Å²) >= 11 is 0. The van der Waals surface area contributed by atoms with Crippen LogP contribution >= 0.6 is 0 Å². The Kier molecular flexibility index (Phi) is 4.95. The zero-order chi connectivity index (χ0) is 14.7. The van der Waals surface area contributed by atoms with Crippen LogP contribution in [0, 0.1) is 13.8 Å². The molecule has 0 aliphatic carbocycles. The van der Waals surface area contributed by atoms with Crippen LogP contribution in [0.2, 0.25) is 0 Å². The van der Waals surface area contributed by atoms with E-state index in [1.165, 1.54) is 30.5 Å². The van der Waals surface area contributed by atoms with Gasteiger partial charge in [-0.3, -0.25) is 9.69 Å². The molecule has 1 aliphatic rings. The fourth-order valence-corrected chi connectivity index (χ4v) is 2.86. The number of likely N-dealkylation sites (tertiary alicyclic amines) is 1. The number of nitrogens with zero attached hydrogens (tertiary/aromatic N) is 2. The highest BCUT2D eigenvalue weighted by Gasteiger charge is 2.22. The molecule has 1 unspecified atom stereocenters. The normalized spacial score (nSPS) is 20.4. The average Bonchev–Trinajstić information content (AvgIpc) is 2.41. The van der Waals surface area contributed by atoms with Crippen LogP contribution in [0.1, 0.15) is 34.3 Å². The molecule has 3 nitrogen and oxygen atoms in total. The van der Waals surface area contributed by atoms with Crippen molar-refractivity contribution in [3.8, 4) is 0 Å². The van der Waals surface area contributed by atoms with E-state index in [0.717, 1.165) is 12.1 Å². The van der Waals surface area contributed by atoms with Crippen LogP contribution < -0.4 is 0 Å². The largest absolute Gasteiger partial charge is 0.305 e. The Bertz CT molecular complexity index is 484. The van der Waals surface area contributed by atoms with Crippen LogP contribution in [-0.4, -0.2) is 55.4 Å². The Hall–Kier alpha value is -1.19. The van der Waals surface area contributed by atoms with E-state index < -0.39 is 0 Å². The molecule has 110 valence electrons. The zero-order valence-electron chi connectivity index (χ0n) is 13.1. The molecule has 3 heteroatoms. The maximum Gasteiger partial charge on any atom is 0.176 e. The summed E-state index contributed by atoms with van der Waals surface area (Å²) in [5.41, 5.74) is 3.27. The van der Waals surface area contributed by atoms with Gasteiger partial charge in [0.05, 0.1) is 6.54 Å². The topological polar surface area (TPSA) is 23.6 Å². The lowest BCUT2D eigenvalue weighted by atomic mass is 10.0. The van der Waals surface area contributed by atoms with E-state index in [9.17, 15) is 4.79 Å². The van der Waals surface area contributed by atoms with Gasteiger partial charge in [0.1, 0.15) is 0 Å². The van der Waals surface area contributed by atoms with E-state index in [0.29, 0.717) is 12.6 Å². The molecule has 0 amide bonds. The van der Waals surface area contributed by atoms with Gasteiger partial charge < -0.3 is 4.90 Å². The van der Waals surface area contributed by atoms with Crippen molar-refractivity contribution in [3.05, 3.63) is 34.9 Å². The second-order valence-electron chi connectivity index (χ2n) is 6.20. The van der Waals surface area contributed by atoms with Crippen molar-refractivity contribution >= 4 is 5.78 Å². The third-order valence-electron chi connectivity index (χ3n) is 4.44. The quantitative estimate of drug-likeness (QED) is 0.788. The SMILES string of the molecule is Cc1ccc(C(=O)CN(C)C2CCCN(C)C2)cc1C. The molecule has 0 saturated carbocycles. The first kappa shape index (κ1) is 15.2. The minimum absolute atomic E-state index is 0.226. The molecular formula is C17H26N2O. The fourth-order valence-electron chi connectivity index (χ4n) is 2.86. The first-order valence-corrected chi connectivity index (χ1v) is 7.46. The molecule has 20 heavy (non-hydrogen) atoms. The first-order chi connectivity index (χ1) is 9.47. The summed E-state index contributed by atoms with van der Waals surface area (Å²) in [4.78, 5) is 17.0. The Morgan fingerprint density at radius 2 is 2.10 bits per heavy atom. The van der Waals surface area contributed by atoms with Gasteiger partial charge in [-0.25, -0.2) is 0 Å². The fraction of sp³-hybridized carbons (Fsp3) is 0.588. The summed E-state index contributed by atoms with van der Waals surface area (Å²) in [7, 11) is 4.23. The van der Waals surface area contributed by atoms with E-state index in [2.05, 4.69) is 37.7 Å². The number of benzene rings is 1. The van der Waals surface area contributed by atoms with Crippen molar-refractivity contribution in [1.82, 2.24) is 9.80 Å². The van der Waals surface area contributed by atoms with Gasteiger partial charge in [-0.1, -0.05) is 12.1 Å². The van der Waals surface area contributed by atoms with Crippen LogP contribution in [0.4, 0.5) is 0 Å². The summed E-state index contributed by atoms with van der Waals surface area (Å²) in [5.74, 6) is 0.226. The van der Waals surface area contributed by atoms with Crippen LogP contribution in [-0.2, 0) is 0 Å². The number of piperidine rings is 1. The maximum atomic E-state index is 12.4. The van der Waals surface area contributed by atoms with E-state index in [4.69, 9.17) is 0 Å². The smallest absolute Gasteiger partial charge is 0.176 e. The second kappa shape index (κ2) is 6.51. The molecule has 1 aromatic rings. The van der Waals surface area contributed by atoms with Gasteiger partial charge in [-0.2, -0.15) is 0 Å². The van der Waals surface area contributed by atoms with Crippen molar-refractivity contribution < 1.29 is 4.79 Å². The Balaban J connectivity index is 1.97. The molecular weight excluding hydrogens is 248 g/mol. The second-order valence-corrected chi connectivity index (χ2v) is 6.20. The third-order valence-corrected chi connectivity index (χ3v) is 4.44. The van der Waals surface area contributed by atoms with E-state index in [1.807, 2.05) is 18.2 Å². The molecule has 0 N–H and O–H groups in total. The number of ketones is 1. The predicted octanol–water partition coefficient (Wildman–Crippen LogP) is 2.51. The molecule has 1 aromatic carbocycles. The number of aryl methyl sites for hydroxylation is 2. The van der Waals surface area contributed by atoms with Crippen molar-refractivity contribution in [2.24, 2.45) is 0 Å². The minimum atomic E-state index is 0.226. The lowest BCUT2D eigenvalue weighted by Crippen LogP contribution is -2.46. The van der Waals surface area contributed by atoms with Gasteiger partial charge in [0.25, 0.3) is 0 Å². The summed E-state index contributed by atoms with van der Waals surface area (Å²) in [6.07, 6.45) is 2.42. The zero-order valence-corrected chi connectivity index (χ0v) is 13.1. The van der Waals surface area contributed by atoms with E-state index >= 15 is 0 Å². The molecule has 1 saturated heterocycles. The summed E-state index contributed by atoms with van der Waals surface area (Å²) in [6, 6.07) is 6.50. The van der Waals surface area contributed by atoms with E-state index in [-0.39, 0.29) is 5.78 Å². The lowest BCUT2D eigenvalue weighted by Gasteiger charge is -2.35. The summed E-state index contributed by atoms with van der Waals surface area (Å²) in [5, 5.41) is 0. The minimum Gasteiger partial charge on any atom is -0.305 e. The molecule has 0 aromatic heterocycles. The number of hydrogen-bond acceptors (Lipinski definition) is 3. The van der Waals surface area contributed by atoms with Crippen LogP contribution in [0.5, 0.6) is 0 Å². The Morgan fingerprint density at radius 1 is 1.35 bits per heavy atom. The van der Waals surface area contributed by atoms with Gasteiger partial charge in [0.2, 0.25) is 0 Å². The molecule has 1 atom stereocenters. The molecule has 1 fully saturated rings. The lowest BCUT2D eigenvalue weighted by molar-refractivity contribution is 0.0857. The van der Waals surface area contributed by atoms with Crippen molar-refractivity contribution in [1.29, 1.82) is 0 Å². The number of hydrogen-bond donors (Lipinski definition) is 0. The number of rotatable bonds is 4. The maximum absolute atomic E-state index is 12.4. The third kappa shape index (κ3) is 3.68. The van der Waals surface area contributed by atoms with Crippen molar-refractivity contribution in [2.75, 3.05) is 33.7 Å². The molecule has 0 spiro atoms. The highest BCUT2D eigenvalue weighted by molar-refractivity contribution is 5.97. The first-order valence-electron chi connectivity index (χ1n) is 7.46. The van der Waals surface area contributed by atoms with Gasteiger partial charge in [-0.05, 0) is 64.5 Å². The molecule has 1 heterocycles. The highest BCUT2D eigenvalue weighted by atomic mass is 16.1. The van der Waals surface area contributed by atoms with Gasteiger partial charge in [0, 0.05) is 18.2 Å². The number of Topliss-reactive ketones (excluding diaryl/α,β-unsaturated/α-hetero) is 1. The van der Waals surface area contributed by atoms with Crippen LogP contribution in [0.3, 0.4) is 0 Å². The van der Waals surface area contributed by atoms with Gasteiger partial charge in [0.15, 0.2) is 5.78 Å². The molecule has 0 radical (unpaired) electrons. The standard InChI is InChI=1S/C17H26N2O/c1-13-7-8-15(10-14(13)2)17(20)12-19(4)16-6-5-9-18(3)11-16/h7-8,10,16H,5-6,9,11-12H2,1-4H3. The number of carbonyl (C=O) groups is 1. The Labute approximate surface area is 122 Å². The van der Waals surface area contributed by atoms with Crippen molar-refractivity contribution in [2.45, 2.75) is 32.7 Å². The predicted molar refractivity (Wildman–Crippen MR) is 83.4 cm³/mol. The van der Waals surface area contributed by atoms with Crippen molar-refractivity contribution in [3.63, 3.8) is 0 Å². The van der Waals surface area contributed by atoms with Gasteiger partial charge in [-0.15, -0.1) is 0 Å². The summed E-state index contributed by atoms with van der Waals surface area (Å²) < 4.78 is 0. The monoisotopic (exact) mass is 274 g/mol. The summed E-state index contributed by atoms with van der Waals surface area (Å²) in [6.45, 7) is 6.90. The van der Waals surface area contributed by atoms with Crippen LogP contribution in [0.25, 0.3) is 0 Å². The molecule has 1 aliphatic heterocycles. The van der Waals surface area contributed by atoms with E-state index in [1.54, 1.807) is 0 Å². The van der Waals surface area contributed by atoms with Gasteiger partial charge >= 0.3 is 0 Å². The average molecular weight is 274 g/mol. The molecule has 2 rings (SSSR count). The number of carbonyl (C=O) groups excluding carboxylic acids is 1. The number of likely N-dealkylation sites (N-methyl/N-ethyl adjacent to an activating group) is 2. The Morgan fingerprint density at radius 3 is 2.75 bits per heavy atom. The molecule has 0 bridgehead atoms. The van der Waals surface area contributed by atoms with Crippen LogP contribution in [0.15, 0.2) is 18.2 Å². The highest BCUT2D eigenvalue weighted by Crippen LogP contribution is 2.15.